The second-order valence-corrected chi connectivity index (χ2v) is 11.6. The molecule has 0 saturated heterocycles. The van der Waals surface area contributed by atoms with Crippen LogP contribution < -0.4 is 4.90 Å². The Kier molecular flexibility index (Phi) is 12.9. The lowest BCUT2D eigenvalue weighted by atomic mass is 10.1. The van der Waals surface area contributed by atoms with Crippen molar-refractivity contribution >= 4 is 54.8 Å². The van der Waals surface area contributed by atoms with Crippen LogP contribution in [0, 0.1) is 10.1 Å². The molecule has 204 valence electrons. The smallest absolute Gasteiger partial charge is 0.374 e. The molecular weight excluding hydrogens is 535 g/mol. The maximum atomic E-state index is 11.0. The molecule has 0 radical (unpaired) electrons. The molecule has 0 spiro atoms. The summed E-state index contributed by atoms with van der Waals surface area (Å²) < 4.78 is 18.0. The van der Waals surface area contributed by atoms with Crippen LogP contribution in [0.5, 0.6) is 0 Å². The van der Waals surface area contributed by atoms with Gasteiger partial charge >= 0.3 is 8.80 Å². The number of nitrogens with zero attached hydrogens (tertiary/aromatic N) is 4. The van der Waals surface area contributed by atoms with Gasteiger partial charge < -0.3 is 18.2 Å². The second kappa shape index (κ2) is 15.4. The van der Waals surface area contributed by atoms with Crippen LogP contribution in [-0.4, -0.2) is 46.6 Å². The van der Waals surface area contributed by atoms with Crippen molar-refractivity contribution < 1.29 is 18.2 Å². The van der Waals surface area contributed by atoms with Crippen LogP contribution in [0.4, 0.5) is 22.7 Å². The van der Waals surface area contributed by atoms with Crippen LogP contribution in [0.3, 0.4) is 0 Å². The Morgan fingerprint density at radius 3 is 1.97 bits per heavy atom. The number of halogens is 2. The van der Waals surface area contributed by atoms with Crippen LogP contribution >= 0.6 is 23.2 Å². The molecule has 0 N–H and O–H groups in total. The highest BCUT2D eigenvalue weighted by atomic mass is 35.5. The lowest BCUT2D eigenvalue weighted by molar-refractivity contribution is -0.384. The standard InChI is InChI=1S/C25H36Cl2N4O5Si/c1-6-30(7-2)24-14-13-20(28-29-25-22(26)17-21(31(32)33)18-23(25)27)16-19(24)12-11-15-37(34-8-3,35-9-4)36-10-5/h13-14,16-18H,6-12,15H2,1-5H3. The molecule has 2 aromatic rings. The fourth-order valence-corrected chi connectivity index (χ4v) is 7.23. The number of hydrogen-bond acceptors (Lipinski definition) is 8. The molecule has 0 heterocycles. The number of aryl methyl sites for hydroxylation is 1. The quantitative estimate of drug-likeness (QED) is 0.0873. The van der Waals surface area contributed by atoms with E-state index >= 15 is 0 Å². The van der Waals surface area contributed by atoms with Crippen molar-refractivity contribution in [2.45, 2.75) is 53.5 Å². The van der Waals surface area contributed by atoms with Crippen LogP contribution in [0.2, 0.25) is 16.1 Å². The van der Waals surface area contributed by atoms with E-state index in [0.717, 1.165) is 37.2 Å². The SMILES string of the molecule is CCO[Si](CCCc1cc(N=Nc2c(Cl)cc([N+](=O)[O-])cc2Cl)ccc1N(CC)CC)(OCC)OCC. The van der Waals surface area contributed by atoms with E-state index in [4.69, 9.17) is 36.5 Å². The summed E-state index contributed by atoms with van der Waals surface area (Å²) in [5, 5.41) is 19.7. The number of non-ortho nitro benzene ring substituents is 1. The predicted molar refractivity (Wildman–Crippen MR) is 151 cm³/mol. The molecule has 12 heteroatoms. The fourth-order valence-electron chi connectivity index (χ4n) is 4.06. The average molecular weight is 572 g/mol. The third-order valence-corrected chi connectivity index (χ3v) is 9.39. The van der Waals surface area contributed by atoms with E-state index in [1.165, 1.54) is 12.1 Å². The molecule has 0 aliphatic heterocycles. The van der Waals surface area contributed by atoms with Crippen molar-refractivity contribution in [2.24, 2.45) is 10.2 Å². The van der Waals surface area contributed by atoms with Gasteiger partial charge in [-0.25, -0.2) is 0 Å². The van der Waals surface area contributed by atoms with Gasteiger partial charge in [-0.2, -0.15) is 5.11 Å². The van der Waals surface area contributed by atoms with Gasteiger partial charge in [0.1, 0.15) is 5.69 Å². The van der Waals surface area contributed by atoms with Crippen molar-refractivity contribution in [1.82, 2.24) is 0 Å². The summed E-state index contributed by atoms with van der Waals surface area (Å²) in [5.41, 5.74) is 2.86. The van der Waals surface area contributed by atoms with Crippen molar-refractivity contribution in [2.75, 3.05) is 37.8 Å². The van der Waals surface area contributed by atoms with E-state index in [0.29, 0.717) is 31.6 Å². The summed E-state index contributed by atoms with van der Waals surface area (Å²) in [6, 6.07) is 9.04. The molecular formula is C25H36Cl2N4O5Si. The average Bonchev–Trinajstić information content (AvgIpc) is 2.85. The maximum absolute atomic E-state index is 11.0. The molecule has 37 heavy (non-hydrogen) atoms. The first kappa shape index (κ1) is 31.1. The first-order chi connectivity index (χ1) is 17.7. The Hall–Kier alpha value is -2.08. The molecule has 2 aromatic carbocycles. The lowest BCUT2D eigenvalue weighted by Crippen LogP contribution is -2.46. The first-order valence-corrected chi connectivity index (χ1v) is 15.3. The minimum atomic E-state index is -2.74. The summed E-state index contributed by atoms with van der Waals surface area (Å²) in [5.74, 6) is 0. The number of nitro benzene ring substituents is 1. The Bertz CT molecular complexity index is 1030. The van der Waals surface area contributed by atoms with Crippen molar-refractivity contribution in [3.8, 4) is 0 Å². The summed E-state index contributed by atoms with van der Waals surface area (Å²) in [6.07, 6.45) is 1.59. The molecule has 0 fully saturated rings. The van der Waals surface area contributed by atoms with Gasteiger partial charge in [0, 0.05) is 56.8 Å². The van der Waals surface area contributed by atoms with Crippen molar-refractivity contribution in [1.29, 1.82) is 0 Å². The third kappa shape index (κ3) is 8.73. The number of nitro groups is 1. The van der Waals surface area contributed by atoms with Crippen LogP contribution in [-0.2, 0) is 19.7 Å². The van der Waals surface area contributed by atoms with E-state index in [-0.39, 0.29) is 21.4 Å². The molecule has 0 aliphatic rings. The highest BCUT2D eigenvalue weighted by Crippen LogP contribution is 2.38. The van der Waals surface area contributed by atoms with Crippen LogP contribution in [0.15, 0.2) is 40.6 Å². The molecule has 0 unspecified atom stereocenters. The van der Waals surface area contributed by atoms with E-state index in [1.54, 1.807) is 0 Å². The lowest BCUT2D eigenvalue weighted by Gasteiger charge is -2.29. The minimum Gasteiger partial charge on any atom is -0.374 e. The van der Waals surface area contributed by atoms with Gasteiger partial charge in [0.15, 0.2) is 0 Å². The van der Waals surface area contributed by atoms with Crippen molar-refractivity contribution in [3.63, 3.8) is 0 Å². The van der Waals surface area contributed by atoms with E-state index in [2.05, 4.69) is 29.0 Å². The van der Waals surface area contributed by atoms with Gasteiger partial charge in [0.05, 0.1) is 20.7 Å². The third-order valence-electron chi connectivity index (χ3n) is 5.67. The predicted octanol–water partition coefficient (Wildman–Crippen LogP) is 8.14. The summed E-state index contributed by atoms with van der Waals surface area (Å²) in [7, 11) is -2.74. The van der Waals surface area contributed by atoms with E-state index in [9.17, 15) is 10.1 Å². The Morgan fingerprint density at radius 2 is 1.49 bits per heavy atom. The van der Waals surface area contributed by atoms with Crippen LogP contribution in [0.1, 0.15) is 46.6 Å². The highest BCUT2D eigenvalue weighted by Gasteiger charge is 2.39. The second-order valence-electron chi connectivity index (χ2n) is 8.04. The van der Waals surface area contributed by atoms with Gasteiger partial charge in [-0.15, -0.1) is 5.11 Å². The minimum absolute atomic E-state index is 0.0620. The van der Waals surface area contributed by atoms with Gasteiger partial charge in [0.2, 0.25) is 0 Å². The van der Waals surface area contributed by atoms with Gasteiger partial charge in [0.25, 0.3) is 5.69 Å². The Morgan fingerprint density at radius 1 is 0.919 bits per heavy atom. The largest absolute Gasteiger partial charge is 0.500 e. The maximum Gasteiger partial charge on any atom is 0.500 e. The molecule has 2 rings (SSSR count). The van der Waals surface area contributed by atoms with Crippen LogP contribution in [0.25, 0.3) is 0 Å². The Labute approximate surface area is 230 Å². The summed E-state index contributed by atoms with van der Waals surface area (Å²) in [6.45, 7) is 13.5. The Balaban J connectivity index is 2.34. The van der Waals surface area contributed by atoms with E-state index < -0.39 is 13.7 Å². The molecule has 0 atom stereocenters. The van der Waals surface area contributed by atoms with E-state index in [1.807, 2.05) is 39.0 Å². The zero-order valence-electron chi connectivity index (χ0n) is 22.1. The van der Waals surface area contributed by atoms with Crippen molar-refractivity contribution in [3.05, 3.63) is 56.1 Å². The zero-order chi connectivity index (χ0) is 27.4. The number of azo groups is 1. The normalized spacial score (nSPS) is 11.9. The van der Waals surface area contributed by atoms with Gasteiger partial charge in [-0.1, -0.05) is 23.2 Å². The zero-order valence-corrected chi connectivity index (χ0v) is 24.6. The first-order valence-electron chi connectivity index (χ1n) is 12.6. The van der Waals surface area contributed by atoms with Gasteiger partial charge in [-0.3, -0.25) is 10.1 Å². The molecule has 0 saturated carbocycles. The molecule has 0 aromatic heterocycles. The monoisotopic (exact) mass is 570 g/mol. The summed E-state index contributed by atoms with van der Waals surface area (Å²) >= 11 is 12.4. The molecule has 0 amide bonds. The fraction of sp³-hybridized carbons (Fsp3) is 0.520. The number of hydrogen-bond donors (Lipinski definition) is 0. The molecule has 0 bridgehead atoms. The number of rotatable bonds is 16. The number of benzene rings is 2. The molecule has 0 aliphatic carbocycles. The highest BCUT2D eigenvalue weighted by molar-refractivity contribution is 6.60. The topological polar surface area (TPSA) is 98.8 Å². The molecule has 9 nitrogen and oxygen atoms in total. The summed E-state index contributed by atoms with van der Waals surface area (Å²) in [4.78, 5) is 12.8. The van der Waals surface area contributed by atoms with Gasteiger partial charge in [-0.05, 0) is 71.2 Å². The number of anilines is 1.